The summed E-state index contributed by atoms with van der Waals surface area (Å²) in [4.78, 5) is 15.7. The van der Waals surface area contributed by atoms with E-state index in [9.17, 15) is 4.79 Å². The average Bonchev–Trinajstić information content (AvgIpc) is 3.23. The van der Waals surface area contributed by atoms with Crippen molar-refractivity contribution in [1.82, 2.24) is 20.0 Å². The minimum atomic E-state index is -0.390. The fourth-order valence-corrected chi connectivity index (χ4v) is 4.82. The SMILES string of the molecule is C=CCNC(=O)C1(Cc2ccc(-c3cccc(C)c3)cc2)CCN(Cc2cnn(C)c2)CC1. The number of rotatable bonds is 8. The molecule has 1 N–H and O–H groups in total. The predicted octanol–water partition coefficient (Wildman–Crippen LogP) is 4.52. The summed E-state index contributed by atoms with van der Waals surface area (Å²) >= 11 is 0. The van der Waals surface area contributed by atoms with Crippen LogP contribution in [-0.4, -0.2) is 40.2 Å². The topological polar surface area (TPSA) is 50.2 Å². The van der Waals surface area contributed by atoms with Crippen LogP contribution in [0.15, 0.2) is 73.6 Å². The third kappa shape index (κ3) is 5.60. The van der Waals surface area contributed by atoms with E-state index in [2.05, 4.69) is 83.5 Å². The van der Waals surface area contributed by atoms with Gasteiger partial charge in [0, 0.05) is 31.9 Å². The molecule has 172 valence electrons. The van der Waals surface area contributed by atoms with Gasteiger partial charge in [-0.05, 0) is 56.0 Å². The molecule has 3 aromatic rings. The number of piperidine rings is 1. The monoisotopic (exact) mass is 442 g/mol. The van der Waals surface area contributed by atoms with Gasteiger partial charge in [0.25, 0.3) is 0 Å². The van der Waals surface area contributed by atoms with Gasteiger partial charge >= 0.3 is 0 Å². The van der Waals surface area contributed by atoms with E-state index in [-0.39, 0.29) is 11.3 Å². The van der Waals surface area contributed by atoms with Gasteiger partial charge in [0.15, 0.2) is 0 Å². The van der Waals surface area contributed by atoms with E-state index in [1.165, 1.54) is 27.8 Å². The largest absolute Gasteiger partial charge is 0.352 e. The lowest BCUT2D eigenvalue weighted by molar-refractivity contribution is -0.133. The van der Waals surface area contributed by atoms with Gasteiger partial charge in [0.1, 0.15) is 0 Å². The third-order valence-electron chi connectivity index (χ3n) is 6.71. The van der Waals surface area contributed by atoms with Crippen LogP contribution in [0.2, 0.25) is 0 Å². The molecular formula is C28H34N4O. The molecule has 0 saturated carbocycles. The average molecular weight is 443 g/mol. The molecule has 1 aliphatic rings. The molecule has 1 saturated heterocycles. The molecule has 2 aromatic carbocycles. The molecule has 1 amide bonds. The Bertz CT molecular complexity index is 1090. The molecule has 1 aromatic heterocycles. The third-order valence-corrected chi connectivity index (χ3v) is 6.71. The van der Waals surface area contributed by atoms with Gasteiger partial charge in [-0.25, -0.2) is 0 Å². The van der Waals surface area contributed by atoms with Gasteiger partial charge in [0.2, 0.25) is 5.91 Å². The Balaban J connectivity index is 1.48. The molecule has 1 fully saturated rings. The van der Waals surface area contributed by atoms with Crippen molar-refractivity contribution in [3.63, 3.8) is 0 Å². The number of carbonyl (C=O) groups is 1. The Hall–Kier alpha value is -3.18. The number of nitrogens with one attached hydrogen (secondary N) is 1. The fraction of sp³-hybridized carbons (Fsp3) is 0.357. The van der Waals surface area contributed by atoms with Gasteiger partial charge in [-0.15, -0.1) is 6.58 Å². The lowest BCUT2D eigenvalue weighted by atomic mass is 9.72. The van der Waals surface area contributed by atoms with E-state index < -0.39 is 0 Å². The fourth-order valence-electron chi connectivity index (χ4n) is 4.82. The van der Waals surface area contributed by atoms with Crippen LogP contribution in [0.4, 0.5) is 0 Å². The Morgan fingerprint density at radius 2 is 1.88 bits per heavy atom. The van der Waals surface area contributed by atoms with E-state index in [0.29, 0.717) is 6.54 Å². The number of amides is 1. The van der Waals surface area contributed by atoms with E-state index >= 15 is 0 Å². The Kier molecular flexibility index (Phi) is 7.09. The first-order valence-corrected chi connectivity index (χ1v) is 11.7. The zero-order valence-corrected chi connectivity index (χ0v) is 19.8. The van der Waals surface area contributed by atoms with E-state index in [1.807, 2.05) is 17.9 Å². The standard InChI is InChI=1S/C28H34N4O/c1-4-14-29-27(33)28(12-15-32(16-13-28)21-24-19-30-31(3)20-24)18-23-8-10-25(11-9-23)26-7-5-6-22(2)17-26/h4-11,17,19-20H,1,12-16,18,21H2,2-3H3,(H,29,33). The molecule has 1 aliphatic heterocycles. The summed E-state index contributed by atoms with van der Waals surface area (Å²) in [5, 5.41) is 7.36. The molecule has 0 radical (unpaired) electrons. The molecule has 2 heterocycles. The number of hydrogen-bond acceptors (Lipinski definition) is 3. The van der Waals surface area contributed by atoms with Crippen LogP contribution in [0.25, 0.3) is 11.1 Å². The second-order valence-electron chi connectivity index (χ2n) is 9.32. The van der Waals surface area contributed by atoms with Crippen LogP contribution in [0, 0.1) is 12.3 Å². The zero-order chi connectivity index (χ0) is 23.3. The van der Waals surface area contributed by atoms with Crippen molar-refractivity contribution in [2.75, 3.05) is 19.6 Å². The van der Waals surface area contributed by atoms with Crippen LogP contribution < -0.4 is 5.32 Å². The summed E-state index contributed by atoms with van der Waals surface area (Å²) in [7, 11) is 1.94. The lowest BCUT2D eigenvalue weighted by Crippen LogP contribution is -2.49. The van der Waals surface area contributed by atoms with Crippen molar-refractivity contribution in [2.24, 2.45) is 12.5 Å². The van der Waals surface area contributed by atoms with Crippen molar-refractivity contribution < 1.29 is 4.79 Å². The number of aryl methyl sites for hydroxylation is 2. The van der Waals surface area contributed by atoms with Gasteiger partial charge in [-0.3, -0.25) is 14.4 Å². The Morgan fingerprint density at radius 3 is 2.52 bits per heavy atom. The normalized spacial score (nSPS) is 15.8. The maximum absolute atomic E-state index is 13.3. The highest BCUT2D eigenvalue weighted by Gasteiger charge is 2.41. The molecule has 5 nitrogen and oxygen atoms in total. The molecule has 4 rings (SSSR count). The number of likely N-dealkylation sites (tertiary alicyclic amines) is 1. The van der Waals surface area contributed by atoms with Crippen LogP contribution in [0.1, 0.15) is 29.5 Å². The highest BCUT2D eigenvalue weighted by molar-refractivity contribution is 5.83. The van der Waals surface area contributed by atoms with Crippen molar-refractivity contribution >= 4 is 5.91 Å². The first kappa shape index (κ1) is 23.0. The summed E-state index contributed by atoms with van der Waals surface area (Å²) in [6.45, 7) is 9.06. The van der Waals surface area contributed by atoms with Crippen LogP contribution in [0.3, 0.4) is 0 Å². The smallest absolute Gasteiger partial charge is 0.226 e. The molecule has 0 aliphatic carbocycles. The van der Waals surface area contributed by atoms with Gasteiger partial charge in [-0.2, -0.15) is 5.10 Å². The molecule has 0 bridgehead atoms. The van der Waals surface area contributed by atoms with Crippen molar-refractivity contribution in [1.29, 1.82) is 0 Å². The van der Waals surface area contributed by atoms with E-state index in [0.717, 1.165) is 38.9 Å². The predicted molar refractivity (Wildman–Crippen MR) is 134 cm³/mol. The first-order valence-electron chi connectivity index (χ1n) is 11.7. The molecule has 5 heteroatoms. The second-order valence-corrected chi connectivity index (χ2v) is 9.32. The maximum atomic E-state index is 13.3. The molecule has 0 atom stereocenters. The zero-order valence-electron chi connectivity index (χ0n) is 19.8. The molecule has 0 unspecified atom stereocenters. The second kappa shape index (κ2) is 10.2. The van der Waals surface area contributed by atoms with Crippen LogP contribution in [0.5, 0.6) is 0 Å². The number of nitrogens with zero attached hydrogens (tertiary/aromatic N) is 3. The lowest BCUT2D eigenvalue weighted by Gasteiger charge is -2.40. The van der Waals surface area contributed by atoms with Gasteiger partial charge in [-0.1, -0.05) is 60.2 Å². The maximum Gasteiger partial charge on any atom is 0.226 e. The van der Waals surface area contributed by atoms with Gasteiger partial charge in [0.05, 0.1) is 11.6 Å². The summed E-state index contributed by atoms with van der Waals surface area (Å²) in [5.74, 6) is 0.145. The van der Waals surface area contributed by atoms with E-state index in [4.69, 9.17) is 0 Å². The highest BCUT2D eigenvalue weighted by atomic mass is 16.2. The Morgan fingerprint density at radius 1 is 1.12 bits per heavy atom. The first-order chi connectivity index (χ1) is 16.0. The van der Waals surface area contributed by atoms with Crippen molar-refractivity contribution in [3.8, 4) is 11.1 Å². The highest BCUT2D eigenvalue weighted by Crippen LogP contribution is 2.36. The summed E-state index contributed by atoms with van der Waals surface area (Å²) in [6, 6.07) is 17.3. The van der Waals surface area contributed by atoms with Gasteiger partial charge < -0.3 is 5.32 Å². The molecule has 33 heavy (non-hydrogen) atoms. The minimum absolute atomic E-state index is 0.145. The summed E-state index contributed by atoms with van der Waals surface area (Å²) in [5.41, 5.74) is 5.73. The number of benzene rings is 2. The Labute approximate surface area is 197 Å². The van der Waals surface area contributed by atoms with Crippen LogP contribution >= 0.6 is 0 Å². The van der Waals surface area contributed by atoms with Crippen LogP contribution in [-0.2, 0) is 24.8 Å². The number of aromatic nitrogens is 2. The van der Waals surface area contributed by atoms with Crippen molar-refractivity contribution in [3.05, 3.63) is 90.3 Å². The molecular weight excluding hydrogens is 408 g/mol. The number of carbonyl (C=O) groups excluding carboxylic acids is 1. The molecule has 0 spiro atoms. The summed E-state index contributed by atoms with van der Waals surface area (Å²) < 4.78 is 1.84. The number of hydrogen-bond donors (Lipinski definition) is 1. The van der Waals surface area contributed by atoms with Crippen molar-refractivity contribution in [2.45, 2.75) is 32.7 Å². The quantitative estimate of drug-likeness (QED) is 0.522. The summed E-state index contributed by atoms with van der Waals surface area (Å²) in [6.07, 6.45) is 8.18. The minimum Gasteiger partial charge on any atom is -0.352 e. The van der Waals surface area contributed by atoms with E-state index in [1.54, 1.807) is 6.08 Å².